The summed E-state index contributed by atoms with van der Waals surface area (Å²) in [6, 6.07) is 0. The van der Waals surface area contributed by atoms with Gasteiger partial charge in [-0.05, 0) is 82.7 Å². The Morgan fingerprint density at radius 3 is 1.05 bits per heavy atom. The predicted molar refractivity (Wildman–Crippen MR) is 237 cm³/mol. The smallest absolute Gasteiger partial charge is 0.306 e. The number of aliphatic hydroxyl groups excluding tert-OH is 1. The van der Waals surface area contributed by atoms with E-state index in [1.54, 1.807) is 0 Å². The van der Waals surface area contributed by atoms with Crippen LogP contribution in [-0.2, 0) is 19.1 Å². The molecule has 0 aromatic carbocycles. The fraction of sp³-hybridized carbons (Fsp3) is 0.959. The van der Waals surface area contributed by atoms with Gasteiger partial charge in [-0.25, -0.2) is 0 Å². The lowest BCUT2D eigenvalue weighted by Crippen LogP contribution is -2.28. The molecule has 0 saturated heterocycles. The van der Waals surface area contributed by atoms with E-state index in [4.69, 9.17) is 9.47 Å². The van der Waals surface area contributed by atoms with Gasteiger partial charge in [-0.1, -0.05) is 182 Å². The van der Waals surface area contributed by atoms with Crippen LogP contribution in [0.5, 0.6) is 0 Å². The highest BCUT2D eigenvalue weighted by Crippen LogP contribution is 2.24. The Kier molecular flexibility index (Phi) is 43.1. The van der Waals surface area contributed by atoms with E-state index in [0.717, 1.165) is 77.4 Å². The highest BCUT2D eigenvalue weighted by Gasteiger charge is 2.16. The van der Waals surface area contributed by atoms with Gasteiger partial charge in [0.1, 0.15) is 0 Å². The number of carbonyl (C=O) groups excluding carboxylic acids is 2. The third-order valence-corrected chi connectivity index (χ3v) is 11.7. The Labute approximate surface area is 343 Å². The minimum Gasteiger partial charge on any atom is -0.466 e. The van der Waals surface area contributed by atoms with Crippen molar-refractivity contribution >= 4 is 11.9 Å². The molecule has 0 radical (unpaired) electrons. The highest BCUT2D eigenvalue weighted by molar-refractivity contribution is 5.70. The van der Waals surface area contributed by atoms with Gasteiger partial charge in [0.05, 0.1) is 13.2 Å². The standard InChI is InChI=1S/C49H97NO5/c1-5-9-13-17-19-27-36-46(34-25-15-11-7-3)44-48(52)54-42-31-23-21-29-38-50(40-33-41-51)39-30-22-24-32-43-55-49(53)45-47(35-26-16-12-8-4)37-28-20-18-14-10-6-2/h46-47,51H,5-45H2,1-4H3. The molecular weight excluding hydrogens is 683 g/mol. The molecule has 0 aromatic heterocycles. The Morgan fingerprint density at radius 2 is 0.691 bits per heavy atom. The quantitative estimate of drug-likeness (QED) is 0.0490. The summed E-state index contributed by atoms with van der Waals surface area (Å²) in [6.45, 7) is 13.5. The molecule has 2 atom stereocenters. The Morgan fingerprint density at radius 1 is 0.400 bits per heavy atom. The van der Waals surface area contributed by atoms with Gasteiger partial charge in [-0.15, -0.1) is 0 Å². The summed E-state index contributed by atoms with van der Waals surface area (Å²) < 4.78 is 11.4. The van der Waals surface area contributed by atoms with Crippen molar-refractivity contribution in [1.29, 1.82) is 0 Å². The van der Waals surface area contributed by atoms with Crippen molar-refractivity contribution in [3.63, 3.8) is 0 Å². The predicted octanol–water partition coefficient (Wildman–Crippen LogP) is 14.3. The third kappa shape index (κ3) is 39.5. The molecule has 328 valence electrons. The molecule has 0 spiro atoms. The van der Waals surface area contributed by atoms with Crippen LogP contribution in [0.4, 0.5) is 0 Å². The van der Waals surface area contributed by atoms with Gasteiger partial charge in [0.25, 0.3) is 0 Å². The van der Waals surface area contributed by atoms with E-state index in [2.05, 4.69) is 32.6 Å². The molecule has 6 nitrogen and oxygen atoms in total. The maximum absolute atomic E-state index is 12.7. The summed E-state index contributed by atoms with van der Waals surface area (Å²) >= 11 is 0. The number of carbonyl (C=O) groups is 2. The molecule has 6 heteroatoms. The summed E-state index contributed by atoms with van der Waals surface area (Å²) in [5.74, 6) is 1.01. The van der Waals surface area contributed by atoms with E-state index in [-0.39, 0.29) is 18.5 Å². The van der Waals surface area contributed by atoms with E-state index in [0.29, 0.717) is 37.9 Å². The van der Waals surface area contributed by atoms with Crippen LogP contribution in [0.15, 0.2) is 0 Å². The number of rotatable bonds is 45. The van der Waals surface area contributed by atoms with Crippen molar-refractivity contribution in [2.24, 2.45) is 11.8 Å². The number of unbranched alkanes of at least 4 members (excludes halogenated alkanes) is 22. The van der Waals surface area contributed by atoms with Crippen LogP contribution < -0.4 is 0 Å². The van der Waals surface area contributed by atoms with Gasteiger partial charge in [0.2, 0.25) is 0 Å². The molecule has 0 aromatic rings. The molecule has 0 aliphatic rings. The van der Waals surface area contributed by atoms with Gasteiger partial charge in [-0.3, -0.25) is 9.59 Å². The number of aliphatic hydroxyl groups is 1. The number of nitrogens with zero attached hydrogens (tertiary/aromatic N) is 1. The van der Waals surface area contributed by atoms with E-state index in [1.807, 2.05) is 0 Å². The van der Waals surface area contributed by atoms with Gasteiger partial charge >= 0.3 is 11.9 Å². The average Bonchev–Trinajstić information content (AvgIpc) is 3.18. The summed E-state index contributed by atoms with van der Waals surface area (Å²) in [5.41, 5.74) is 0. The monoisotopic (exact) mass is 780 g/mol. The molecule has 0 amide bonds. The summed E-state index contributed by atoms with van der Waals surface area (Å²) in [7, 11) is 0. The average molecular weight is 780 g/mol. The van der Waals surface area contributed by atoms with E-state index < -0.39 is 0 Å². The van der Waals surface area contributed by atoms with Gasteiger partial charge in [0, 0.05) is 26.0 Å². The zero-order chi connectivity index (χ0) is 40.3. The summed E-state index contributed by atoms with van der Waals surface area (Å²) in [6.07, 6.45) is 41.3. The Balaban J connectivity index is 4.21. The van der Waals surface area contributed by atoms with Crippen molar-refractivity contribution in [2.75, 3.05) is 39.5 Å². The van der Waals surface area contributed by atoms with Crippen molar-refractivity contribution in [3.05, 3.63) is 0 Å². The van der Waals surface area contributed by atoms with E-state index in [9.17, 15) is 14.7 Å². The van der Waals surface area contributed by atoms with E-state index in [1.165, 1.54) is 154 Å². The van der Waals surface area contributed by atoms with Crippen LogP contribution >= 0.6 is 0 Å². The third-order valence-electron chi connectivity index (χ3n) is 11.7. The minimum atomic E-state index is 0.0143. The van der Waals surface area contributed by atoms with Gasteiger partial charge < -0.3 is 19.5 Å². The zero-order valence-corrected chi connectivity index (χ0v) is 37.7. The fourth-order valence-electron chi connectivity index (χ4n) is 8.02. The van der Waals surface area contributed by atoms with Crippen LogP contribution in [0.3, 0.4) is 0 Å². The van der Waals surface area contributed by atoms with Gasteiger partial charge in [0.15, 0.2) is 0 Å². The molecule has 0 aliphatic carbocycles. The first kappa shape index (κ1) is 53.9. The van der Waals surface area contributed by atoms with Crippen LogP contribution in [0.1, 0.15) is 252 Å². The molecule has 0 heterocycles. The Hall–Kier alpha value is -1.14. The first-order chi connectivity index (χ1) is 27.0. The zero-order valence-electron chi connectivity index (χ0n) is 37.7. The first-order valence-electron chi connectivity index (χ1n) is 24.6. The van der Waals surface area contributed by atoms with Crippen LogP contribution in [0.2, 0.25) is 0 Å². The summed E-state index contributed by atoms with van der Waals surface area (Å²) in [4.78, 5) is 27.9. The molecule has 1 N–H and O–H groups in total. The minimum absolute atomic E-state index is 0.0143. The number of hydrogen-bond donors (Lipinski definition) is 1. The van der Waals surface area contributed by atoms with E-state index >= 15 is 0 Å². The molecule has 0 fully saturated rings. The van der Waals surface area contributed by atoms with Crippen LogP contribution in [0, 0.1) is 11.8 Å². The van der Waals surface area contributed by atoms with Gasteiger partial charge in [-0.2, -0.15) is 0 Å². The topological polar surface area (TPSA) is 76.1 Å². The highest BCUT2D eigenvalue weighted by atomic mass is 16.5. The molecule has 0 aliphatic heterocycles. The largest absolute Gasteiger partial charge is 0.466 e. The lowest BCUT2D eigenvalue weighted by molar-refractivity contribution is -0.146. The second-order valence-corrected chi connectivity index (χ2v) is 17.1. The van der Waals surface area contributed by atoms with Crippen molar-refractivity contribution < 1.29 is 24.2 Å². The maximum atomic E-state index is 12.7. The number of hydrogen-bond acceptors (Lipinski definition) is 6. The second kappa shape index (κ2) is 44.0. The number of esters is 2. The Bertz CT molecular complexity index is 731. The SMILES string of the molecule is CCCCCCCCC(CCCCCC)CC(=O)OCCCCCCN(CCCO)CCCCCCOC(=O)CC(CCCCCC)CCCCCCCC. The lowest BCUT2D eigenvalue weighted by atomic mass is 9.91. The molecule has 0 saturated carbocycles. The molecular formula is C49H97NO5. The fourth-order valence-corrected chi connectivity index (χ4v) is 8.02. The van der Waals surface area contributed by atoms with Crippen LogP contribution in [-0.4, -0.2) is 61.4 Å². The molecule has 0 bridgehead atoms. The first-order valence-corrected chi connectivity index (χ1v) is 24.6. The lowest BCUT2D eigenvalue weighted by Gasteiger charge is -2.22. The number of ether oxygens (including phenoxy) is 2. The normalized spacial score (nSPS) is 12.7. The second-order valence-electron chi connectivity index (χ2n) is 17.1. The van der Waals surface area contributed by atoms with Crippen molar-refractivity contribution in [3.8, 4) is 0 Å². The molecule has 0 rings (SSSR count). The van der Waals surface area contributed by atoms with Crippen LogP contribution in [0.25, 0.3) is 0 Å². The molecule has 55 heavy (non-hydrogen) atoms. The molecule has 2 unspecified atom stereocenters. The maximum Gasteiger partial charge on any atom is 0.306 e. The van der Waals surface area contributed by atoms with Crippen molar-refractivity contribution in [1.82, 2.24) is 4.90 Å². The van der Waals surface area contributed by atoms with Crippen molar-refractivity contribution in [2.45, 2.75) is 252 Å². The summed E-state index contributed by atoms with van der Waals surface area (Å²) in [5, 5.41) is 9.43.